The zero-order valence-corrected chi connectivity index (χ0v) is 8.11. The van der Waals surface area contributed by atoms with Gasteiger partial charge in [-0.15, -0.1) is 0 Å². The third-order valence-electron chi connectivity index (χ3n) is 2.14. The maximum Gasteiger partial charge on any atom is 0.303 e. The fourth-order valence-electron chi connectivity index (χ4n) is 1.39. The molecule has 1 aliphatic rings. The van der Waals surface area contributed by atoms with Gasteiger partial charge in [-0.2, -0.15) is 0 Å². The molecule has 5 atom stereocenters. The highest BCUT2D eigenvalue weighted by Gasteiger charge is 2.45. The largest absolute Gasteiger partial charge is 0.454 e. The normalized spacial score (nSPS) is 41.3. The lowest BCUT2D eigenvalue weighted by Gasteiger charge is -2.39. The molecule has 0 radical (unpaired) electrons. The number of carbonyl (C=O) groups is 1. The van der Waals surface area contributed by atoms with E-state index in [1.54, 1.807) is 0 Å². The van der Waals surface area contributed by atoms with Gasteiger partial charge >= 0.3 is 5.97 Å². The van der Waals surface area contributed by atoms with Gasteiger partial charge in [-0.25, -0.2) is 0 Å². The Morgan fingerprint density at radius 1 is 1.33 bits per heavy atom. The minimum atomic E-state index is -1.57. The van der Waals surface area contributed by atoms with Crippen LogP contribution in [-0.2, 0) is 14.3 Å². The van der Waals surface area contributed by atoms with Crippen LogP contribution < -0.4 is 0 Å². The summed E-state index contributed by atoms with van der Waals surface area (Å²) < 4.78 is 9.32. The predicted octanol–water partition coefficient (Wildman–Crippen LogP) is -2.65. The molecule has 7 heteroatoms. The van der Waals surface area contributed by atoms with Crippen molar-refractivity contribution in [1.29, 1.82) is 0 Å². The topological polar surface area (TPSA) is 116 Å². The zero-order valence-electron chi connectivity index (χ0n) is 8.11. The van der Waals surface area contributed by atoms with Crippen LogP contribution in [0.1, 0.15) is 6.92 Å². The lowest BCUT2D eigenvalue weighted by molar-refractivity contribution is -0.290. The monoisotopic (exact) mass is 222 g/mol. The van der Waals surface area contributed by atoms with Gasteiger partial charge in [0, 0.05) is 6.92 Å². The summed E-state index contributed by atoms with van der Waals surface area (Å²) in [5.74, 6) is -0.712. The first-order valence-corrected chi connectivity index (χ1v) is 4.45. The molecule has 0 spiro atoms. The van der Waals surface area contributed by atoms with Gasteiger partial charge in [0.05, 0.1) is 6.61 Å². The van der Waals surface area contributed by atoms with Crippen molar-refractivity contribution < 1.29 is 34.7 Å². The fraction of sp³-hybridized carbons (Fsp3) is 0.875. The summed E-state index contributed by atoms with van der Waals surface area (Å²) >= 11 is 0. The number of esters is 1. The van der Waals surface area contributed by atoms with Crippen LogP contribution in [-0.4, -0.2) is 63.7 Å². The van der Waals surface area contributed by atoms with Crippen LogP contribution in [0.2, 0.25) is 0 Å². The SMILES string of the molecule is CC(=O)OC1[C@H](O)OC(CO)[C@@H](O)[C@@H]1O. The van der Waals surface area contributed by atoms with E-state index in [4.69, 9.17) is 9.84 Å². The molecule has 0 bridgehead atoms. The highest BCUT2D eigenvalue weighted by atomic mass is 16.7. The average molecular weight is 222 g/mol. The first-order chi connectivity index (χ1) is 6.97. The molecule has 88 valence electrons. The van der Waals surface area contributed by atoms with Crippen LogP contribution in [0.15, 0.2) is 0 Å². The second kappa shape index (κ2) is 4.86. The summed E-state index contributed by atoms with van der Waals surface area (Å²) in [5, 5.41) is 37.0. The Morgan fingerprint density at radius 2 is 1.93 bits per heavy atom. The van der Waals surface area contributed by atoms with E-state index in [1.165, 1.54) is 0 Å². The summed E-state index contributed by atoms with van der Waals surface area (Å²) in [4.78, 5) is 10.6. The van der Waals surface area contributed by atoms with Crippen molar-refractivity contribution >= 4 is 5.97 Å². The molecule has 0 aromatic rings. The third-order valence-corrected chi connectivity index (χ3v) is 2.14. The first kappa shape index (κ1) is 12.3. The van der Waals surface area contributed by atoms with Crippen molar-refractivity contribution in [1.82, 2.24) is 0 Å². The number of aliphatic hydroxyl groups excluding tert-OH is 4. The number of aliphatic hydroxyl groups is 4. The Morgan fingerprint density at radius 3 is 2.40 bits per heavy atom. The Labute approximate surface area is 85.9 Å². The van der Waals surface area contributed by atoms with Gasteiger partial charge in [0.25, 0.3) is 0 Å². The van der Waals surface area contributed by atoms with Crippen molar-refractivity contribution in [3.63, 3.8) is 0 Å². The van der Waals surface area contributed by atoms with Crippen LogP contribution in [0.5, 0.6) is 0 Å². The Bertz CT molecular complexity index is 231. The van der Waals surface area contributed by atoms with Crippen LogP contribution in [0.3, 0.4) is 0 Å². The van der Waals surface area contributed by atoms with E-state index in [2.05, 4.69) is 4.74 Å². The molecule has 15 heavy (non-hydrogen) atoms. The number of ether oxygens (including phenoxy) is 2. The van der Waals surface area contributed by atoms with Crippen molar-refractivity contribution in [3.8, 4) is 0 Å². The quantitative estimate of drug-likeness (QED) is 0.377. The Balaban J connectivity index is 2.70. The van der Waals surface area contributed by atoms with Crippen molar-refractivity contribution in [2.75, 3.05) is 6.61 Å². The third kappa shape index (κ3) is 2.64. The molecule has 0 aromatic heterocycles. The molecule has 4 N–H and O–H groups in total. The standard InChI is InChI=1S/C8H14O7/c1-3(10)14-7-6(12)5(11)4(2-9)15-8(7)13/h4-9,11-13H,2H2,1H3/t4?,5-,6+,7?,8-/m1/s1. The number of carbonyl (C=O) groups excluding carboxylic acids is 1. The van der Waals surface area contributed by atoms with E-state index >= 15 is 0 Å². The lowest BCUT2D eigenvalue weighted by Crippen LogP contribution is -2.59. The van der Waals surface area contributed by atoms with Crippen molar-refractivity contribution in [2.45, 2.75) is 37.6 Å². The van der Waals surface area contributed by atoms with Crippen LogP contribution >= 0.6 is 0 Å². The van der Waals surface area contributed by atoms with Gasteiger partial charge in [-0.1, -0.05) is 0 Å². The molecule has 1 fully saturated rings. The first-order valence-electron chi connectivity index (χ1n) is 4.45. The van der Waals surface area contributed by atoms with E-state index in [0.29, 0.717) is 0 Å². The highest BCUT2D eigenvalue weighted by Crippen LogP contribution is 2.22. The molecule has 1 aliphatic heterocycles. The van der Waals surface area contributed by atoms with Crippen LogP contribution in [0.4, 0.5) is 0 Å². The molecule has 1 heterocycles. The minimum absolute atomic E-state index is 0.553. The zero-order chi connectivity index (χ0) is 11.6. The van der Waals surface area contributed by atoms with E-state index in [-0.39, 0.29) is 0 Å². The van der Waals surface area contributed by atoms with E-state index < -0.39 is 43.3 Å². The number of hydrogen-bond acceptors (Lipinski definition) is 7. The van der Waals surface area contributed by atoms with Gasteiger partial charge < -0.3 is 29.9 Å². The molecule has 1 saturated heterocycles. The maximum absolute atomic E-state index is 10.6. The van der Waals surface area contributed by atoms with Crippen LogP contribution in [0, 0.1) is 0 Å². The predicted molar refractivity (Wildman–Crippen MR) is 45.5 cm³/mol. The van der Waals surface area contributed by atoms with E-state index in [1.807, 2.05) is 0 Å². The van der Waals surface area contributed by atoms with Crippen LogP contribution in [0.25, 0.3) is 0 Å². The fourth-order valence-corrected chi connectivity index (χ4v) is 1.39. The summed E-state index contributed by atoms with van der Waals surface area (Å²) in [6.07, 6.45) is -6.91. The smallest absolute Gasteiger partial charge is 0.303 e. The molecular formula is C8H14O7. The van der Waals surface area contributed by atoms with E-state index in [0.717, 1.165) is 6.92 Å². The number of rotatable bonds is 2. The van der Waals surface area contributed by atoms with Gasteiger partial charge in [0.1, 0.15) is 18.3 Å². The second-order valence-corrected chi connectivity index (χ2v) is 3.30. The molecule has 7 nitrogen and oxygen atoms in total. The molecular weight excluding hydrogens is 208 g/mol. The summed E-state index contributed by atoms with van der Waals surface area (Å²) in [6.45, 7) is 0.548. The highest BCUT2D eigenvalue weighted by molar-refractivity contribution is 5.66. The lowest BCUT2D eigenvalue weighted by atomic mass is 9.99. The number of hydrogen-bond donors (Lipinski definition) is 4. The van der Waals surface area contributed by atoms with Gasteiger partial charge in [-0.05, 0) is 0 Å². The molecule has 0 saturated carbocycles. The summed E-state index contributed by atoms with van der Waals surface area (Å²) in [6, 6.07) is 0. The van der Waals surface area contributed by atoms with Gasteiger partial charge in [0.15, 0.2) is 12.4 Å². The van der Waals surface area contributed by atoms with Gasteiger partial charge in [-0.3, -0.25) is 4.79 Å². The molecule has 0 amide bonds. The summed E-state index contributed by atoms with van der Waals surface area (Å²) in [7, 11) is 0. The molecule has 0 aromatic carbocycles. The minimum Gasteiger partial charge on any atom is -0.454 e. The molecule has 2 unspecified atom stereocenters. The van der Waals surface area contributed by atoms with Crippen molar-refractivity contribution in [2.24, 2.45) is 0 Å². The van der Waals surface area contributed by atoms with Gasteiger partial charge in [0.2, 0.25) is 0 Å². The Kier molecular flexibility index (Phi) is 4.00. The second-order valence-electron chi connectivity index (χ2n) is 3.30. The van der Waals surface area contributed by atoms with E-state index in [9.17, 15) is 20.1 Å². The molecule has 0 aliphatic carbocycles. The molecule has 1 rings (SSSR count). The average Bonchev–Trinajstić information content (AvgIpc) is 2.18. The van der Waals surface area contributed by atoms with Crippen molar-refractivity contribution in [3.05, 3.63) is 0 Å². The Hall–Kier alpha value is -0.730. The summed E-state index contributed by atoms with van der Waals surface area (Å²) in [5.41, 5.74) is 0. The maximum atomic E-state index is 10.6.